The van der Waals surface area contributed by atoms with E-state index in [0.29, 0.717) is 45.2 Å². The van der Waals surface area contributed by atoms with Crippen molar-refractivity contribution in [1.29, 1.82) is 0 Å². The minimum atomic E-state index is -0.367. The Hall–Kier alpha value is -11.3. The van der Waals surface area contributed by atoms with E-state index in [1.54, 1.807) is 23.5 Å². The number of hydrogen-bond donors (Lipinski definition) is 0. The standard InChI is InChI=1S/C40H23FN2O.C40H23FN2S.C2H6/c41-35-23-32-30-18-10-8-16-28(30)27-15-7-9-17-29(27)31(32)22-33(35)40-42-37(25-13-5-2-6-14-25)39-38(43-40)34-21-26(19-20-36(34)44-39)24-11-3-1-4-12-24;41-35-23-33-30-18-10-8-16-28(30)27-15-7-9-17-29(27)32(33)22-31(35)26-19-20-36-34(21-26)38-39(44-36)37(24-11-3-1-4-12-24)42-40(43-38)25-13-5-2-6-14-25;1-2/h2*1-23H;1-2H3. The Bertz CT molecular complexity index is 5830. The SMILES string of the molecule is CC.Fc1cc2c3ccccc3c3ccccc3c2cc1-c1ccc2sc3c(-c4ccccc4)nc(-c4ccccc4)nc3c2c1.Fc1cc2c3ccccc3c3ccccc3c2cc1-c1nc(-c2ccccc2)c2oc3ccc(-c4ccccc4)cc3c2n1. The number of benzene rings is 14. The summed E-state index contributed by atoms with van der Waals surface area (Å²) in [5.41, 5.74) is 11.2. The first-order valence-corrected chi connectivity index (χ1v) is 31.0. The van der Waals surface area contributed by atoms with Gasteiger partial charge in [0.25, 0.3) is 0 Å². The molecule has 426 valence electrons. The van der Waals surface area contributed by atoms with Crippen LogP contribution in [0.3, 0.4) is 0 Å². The van der Waals surface area contributed by atoms with Gasteiger partial charge in [0, 0.05) is 37.7 Å². The molecule has 0 atom stereocenters. The number of furan rings is 1. The zero-order valence-corrected chi connectivity index (χ0v) is 49.7. The molecule has 0 aliphatic carbocycles. The molecule has 0 amide bonds. The Balaban J connectivity index is 0.000000140. The van der Waals surface area contributed by atoms with E-state index in [0.717, 1.165) is 124 Å². The van der Waals surface area contributed by atoms with Gasteiger partial charge in [-0.15, -0.1) is 11.3 Å². The van der Waals surface area contributed by atoms with Gasteiger partial charge in [0.2, 0.25) is 0 Å². The lowest BCUT2D eigenvalue weighted by Gasteiger charge is -2.13. The maximum absolute atomic E-state index is 16.3. The van der Waals surface area contributed by atoms with Crippen molar-refractivity contribution in [3.8, 4) is 67.5 Å². The van der Waals surface area contributed by atoms with Crippen molar-refractivity contribution in [2.24, 2.45) is 0 Å². The number of rotatable bonds is 6. The van der Waals surface area contributed by atoms with E-state index < -0.39 is 0 Å². The van der Waals surface area contributed by atoms with Gasteiger partial charge in [0.15, 0.2) is 17.2 Å². The fourth-order valence-corrected chi connectivity index (χ4v) is 14.1. The molecule has 14 aromatic carbocycles. The molecule has 0 bridgehead atoms. The van der Waals surface area contributed by atoms with Crippen molar-refractivity contribution in [3.05, 3.63) is 291 Å². The molecule has 0 N–H and O–H groups in total. The predicted molar refractivity (Wildman–Crippen MR) is 373 cm³/mol. The lowest BCUT2D eigenvalue weighted by atomic mass is 9.91. The summed E-state index contributed by atoms with van der Waals surface area (Å²) in [5, 5.41) is 14.5. The van der Waals surface area contributed by atoms with Crippen LogP contribution < -0.4 is 0 Å². The van der Waals surface area contributed by atoms with Gasteiger partial charge in [-0.05, 0) is 130 Å². The molecule has 5 nitrogen and oxygen atoms in total. The van der Waals surface area contributed by atoms with Crippen LogP contribution in [0, 0.1) is 11.6 Å². The summed E-state index contributed by atoms with van der Waals surface area (Å²) in [4.78, 5) is 20.2. The zero-order valence-electron chi connectivity index (χ0n) is 48.9. The van der Waals surface area contributed by atoms with Crippen LogP contribution in [0.25, 0.3) is 175 Å². The van der Waals surface area contributed by atoms with E-state index in [1.165, 1.54) is 5.39 Å². The third-order valence-corrected chi connectivity index (χ3v) is 18.2. The van der Waals surface area contributed by atoms with E-state index in [-0.39, 0.29) is 11.6 Å². The lowest BCUT2D eigenvalue weighted by molar-refractivity contribution is 0.631. The van der Waals surface area contributed by atoms with Crippen LogP contribution in [-0.4, -0.2) is 19.9 Å². The number of halogens is 2. The van der Waals surface area contributed by atoms with Gasteiger partial charge in [0.05, 0.1) is 21.5 Å². The average molecular weight is 1180 g/mol. The highest BCUT2D eigenvalue weighted by molar-refractivity contribution is 7.26. The quantitative estimate of drug-likeness (QED) is 0.155. The summed E-state index contributed by atoms with van der Waals surface area (Å²) in [5.74, 6) is 0.397. The summed E-state index contributed by atoms with van der Waals surface area (Å²) >= 11 is 1.68. The largest absolute Gasteiger partial charge is 0.452 e. The molecule has 4 aromatic heterocycles. The van der Waals surface area contributed by atoms with Crippen LogP contribution in [0.1, 0.15) is 13.8 Å². The summed E-state index contributed by atoms with van der Waals surface area (Å²) in [6.45, 7) is 4.00. The fourth-order valence-electron chi connectivity index (χ4n) is 12.9. The van der Waals surface area contributed by atoms with Gasteiger partial charge < -0.3 is 4.42 Å². The molecule has 0 spiro atoms. The minimum Gasteiger partial charge on any atom is -0.452 e. The molecule has 0 fully saturated rings. The Labute approximate surface area is 520 Å². The number of nitrogens with zero attached hydrogens (tertiary/aromatic N) is 4. The summed E-state index contributed by atoms with van der Waals surface area (Å²) in [6, 6.07) is 93.2. The molecule has 90 heavy (non-hydrogen) atoms. The second-order valence-corrected chi connectivity index (χ2v) is 23.2. The van der Waals surface area contributed by atoms with Crippen molar-refractivity contribution in [2.45, 2.75) is 13.8 Å². The van der Waals surface area contributed by atoms with Crippen LogP contribution in [0.5, 0.6) is 0 Å². The van der Waals surface area contributed by atoms with E-state index in [9.17, 15) is 0 Å². The molecule has 0 saturated heterocycles. The molecular weight excluding hydrogens is 1130 g/mol. The van der Waals surface area contributed by atoms with Crippen molar-refractivity contribution in [2.75, 3.05) is 0 Å². The maximum Gasteiger partial charge on any atom is 0.180 e. The van der Waals surface area contributed by atoms with Crippen molar-refractivity contribution < 1.29 is 13.2 Å². The van der Waals surface area contributed by atoms with Crippen LogP contribution >= 0.6 is 11.3 Å². The topological polar surface area (TPSA) is 64.7 Å². The lowest BCUT2D eigenvalue weighted by Crippen LogP contribution is -1.97. The number of aromatic nitrogens is 4. The van der Waals surface area contributed by atoms with E-state index in [1.807, 2.05) is 172 Å². The highest BCUT2D eigenvalue weighted by Crippen LogP contribution is 2.45. The second-order valence-electron chi connectivity index (χ2n) is 22.2. The fraction of sp³-hybridized carbons (Fsp3) is 0.0244. The normalized spacial score (nSPS) is 11.6. The third kappa shape index (κ3) is 9.18. The van der Waals surface area contributed by atoms with Gasteiger partial charge in [-0.3, -0.25) is 0 Å². The summed E-state index contributed by atoms with van der Waals surface area (Å²) < 4.78 is 40.9. The van der Waals surface area contributed by atoms with Crippen LogP contribution in [0.4, 0.5) is 8.78 Å². The predicted octanol–water partition coefficient (Wildman–Crippen LogP) is 23.4. The highest BCUT2D eigenvalue weighted by atomic mass is 32.1. The van der Waals surface area contributed by atoms with Gasteiger partial charge in [-0.2, -0.15) is 0 Å². The van der Waals surface area contributed by atoms with E-state index >= 15 is 8.78 Å². The van der Waals surface area contributed by atoms with E-state index in [4.69, 9.17) is 24.4 Å². The number of fused-ring (bicyclic) bond motifs is 18. The molecule has 0 radical (unpaired) electrons. The Morgan fingerprint density at radius 3 is 1.22 bits per heavy atom. The molecule has 8 heteroatoms. The monoisotopic (exact) mass is 1180 g/mol. The maximum atomic E-state index is 16.3. The van der Waals surface area contributed by atoms with Crippen molar-refractivity contribution in [3.63, 3.8) is 0 Å². The minimum absolute atomic E-state index is 0.235. The van der Waals surface area contributed by atoms with Gasteiger partial charge in [-0.1, -0.05) is 244 Å². The van der Waals surface area contributed by atoms with Gasteiger partial charge in [-0.25, -0.2) is 28.7 Å². The first-order valence-electron chi connectivity index (χ1n) is 30.2. The van der Waals surface area contributed by atoms with Crippen LogP contribution in [-0.2, 0) is 0 Å². The molecule has 0 aliphatic rings. The highest BCUT2D eigenvalue weighted by Gasteiger charge is 2.23. The molecule has 0 aliphatic heterocycles. The number of hydrogen-bond acceptors (Lipinski definition) is 6. The summed E-state index contributed by atoms with van der Waals surface area (Å²) in [6.07, 6.45) is 0. The van der Waals surface area contributed by atoms with Crippen LogP contribution in [0.2, 0.25) is 0 Å². The zero-order chi connectivity index (χ0) is 60.4. The molecule has 0 saturated carbocycles. The third-order valence-electron chi connectivity index (χ3n) is 17.1. The molecule has 0 unspecified atom stereocenters. The molecule has 18 rings (SSSR count). The Morgan fingerprint density at radius 1 is 0.289 bits per heavy atom. The first kappa shape index (κ1) is 54.1. The molecular formula is C82H52F2N4OS. The van der Waals surface area contributed by atoms with Gasteiger partial charge in [0.1, 0.15) is 28.4 Å². The number of thiophene rings is 1. The van der Waals surface area contributed by atoms with E-state index in [2.05, 4.69) is 109 Å². The average Bonchev–Trinajstić information content (AvgIpc) is 1.57. The van der Waals surface area contributed by atoms with Crippen molar-refractivity contribution >= 4 is 118 Å². The second kappa shape index (κ2) is 22.4. The first-order chi connectivity index (χ1) is 44.5. The van der Waals surface area contributed by atoms with Gasteiger partial charge >= 0.3 is 0 Å². The Morgan fingerprint density at radius 2 is 0.689 bits per heavy atom. The molecule has 18 aromatic rings. The molecule has 4 heterocycles. The van der Waals surface area contributed by atoms with Crippen LogP contribution in [0.15, 0.2) is 283 Å². The summed E-state index contributed by atoms with van der Waals surface area (Å²) in [7, 11) is 0. The smallest absolute Gasteiger partial charge is 0.180 e. The van der Waals surface area contributed by atoms with Crippen molar-refractivity contribution in [1.82, 2.24) is 19.9 Å². The Kier molecular flexibility index (Phi) is 13.5.